The third-order valence-corrected chi connectivity index (χ3v) is 3.36. The highest BCUT2D eigenvalue weighted by molar-refractivity contribution is 9.10. The molecule has 0 atom stereocenters. The monoisotopic (exact) mass is 328 g/mol. The van der Waals surface area contributed by atoms with E-state index in [0.717, 1.165) is 0 Å². The first-order valence-electron chi connectivity index (χ1n) is 5.21. The summed E-state index contributed by atoms with van der Waals surface area (Å²) in [5.41, 5.74) is 6.09. The number of hydrogen-bond acceptors (Lipinski definition) is 2. The second kappa shape index (κ2) is 5.88. The fourth-order valence-electron chi connectivity index (χ4n) is 1.45. The number of nitrogens with zero attached hydrogens (tertiary/aromatic N) is 1. The SMILES string of the molecule is CN(CCC(F)(F)F)c1ccc(CN)c(Br)c1F. The van der Waals surface area contributed by atoms with Crippen molar-refractivity contribution >= 4 is 21.6 Å². The first-order chi connectivity index (χ1) is 8.26. The fraction of sp³-hybridized carbons (Fsp3) is 0.455. The van der Waals surface area contributed by atoms with E-state index in [9.17, 15) is 17.6 Å². The van der Waals surface area contributed by atoms with Gasteiger partial charge in [-0.25, -0.2) is 4.39 Å². The summed E-state index contributed by atoms with van der Waals surface area (Å²) in [4.78, 5) is 1.23. The van der Waals surface area contributed by atoms with Crippen LogP contribution in [-0.2, 0) is 6.54 Å². The van der Waals surface area contributed by atoms with Crippen LogP contribution in [0.1, 0.15) is 12.0 Å². The summed E-state index contributed by atoms with van der Waals surface area (Å²) in [5, 5.41) is 0. The van der Waals surface area contributed by atoms with Crippen LogP contribution in [0.15, 0.2) is 16.6 Å². The van der Waals surface area contributed by atoms with Crippen molar-refractivity contribution in [3.8, 4) is 0 Å². The Labute approximate surface area is 111 Å². The molecular weight excluding hydrogens is 316 g/mol. The highest BCUT2D eigenvalue weighted by atomic mass is 79.9. The first kappa shape index (κ1) is 15.2. The summed E-state index contributed by atoms with van der Waals surface area (Å²) in [6, 6.07) is 3.02. The molecule has 1 aromatic rings. The number of anilines is 1. The molecule has 0 spiro atoms. The number of hydrogen-bond donors (Lipinski definition) is 1. The lowest BCUT2D eigenvalue weighted by Gasteiger charge is -2.21. The van der Waals surface area contributed by atoms with Crippen molar-refractivity contribution in [2.45, 2.75) is 19.1 Å². The van der Waals surface area contributed by atoms with Gasteiger partial charge < -0.3 is 10.6 Å². The number of benzene rings is 1. The lowest BCUT2D eigenvalue weighted by molar-refractivity contribution is -0.132. The normalized spacial score (nSPS) is 11.7. The number of nitrogens with two attached hydrogens (primary N) is 1. The van der Waals surface area contributed by atoms with Crippen LogP contribution >= 0.6 is 15.9 Å². The van der Waals surface area contributed by atoms with Crippen LogP contribution in [0.25, 0.3) is 0 Å². The quantitative estimate of drug-likeness (QED) is 0.858. The van der Waals surface area contributed by atoms with E-state index < -0.39 is 18.4 Å². The van der Waals surface area contributed by atoms with Gasteiger partial charge in [0.2, 0.25) is 0 Å². The van der Waals surface area contributed by atoms with Crippen molar-refractivity contribution in [3.63, 3.8) is 0 Å². The second-order valence-corrected chi connectivity index (χ2v) is 4.66. The van der Waals surface area contributed by atoms with Gasteiger partial charge in [0.05, 0.1) is 16.6 Å². The highest BCUT2D eigenvalue weighted by Gasteiger charge is 2.27. The molecule has 1 rings (SSSR count). The van der Waals surface area contributed by atoms with E-state index in [2.05, 4.69) is 15.9 Å². The molecule has 0 aliphatic carbocycles. The van der Waals surface area contributed by atoms with Crippen LogP contribution in [0.3, 0.4) is 0 Å². The van der Waals surface area contributed by atoms with E-state index in [1.807, 2.05) is 0 Å². The van der Waals surface area contributed by atoms with E-state index in [-0.39, 0.29) is 23.2 Å². The maximum atomic E-state index is 13.9. The minimum Gasteiger partial charge on any atom is -0.372 e. The zero-order valence-electron chi connectivity index (χ0n) is 9.69. The molecular formula is C11H13BrF4N2. The standard InChI is InChI=1S/C11H13BrF4N2/c1-18(5-4-11(14,15)16)8-3-2-7(6-17)9(12)10(8)13/h2-3H,4-6,17H2,1H3. The van der Waals surface area contributed by atoms with Gasteiger partial charge in [-0.3, -0.25) is 0 Å². The van der Waals surface area contributed by atoms with E-state index in [1.165, 1.54) is 18.0 Å². The van der Waals surface area contributed by atoms with Crippen LogP contribution in [0.5, 0.6) is 0 Å². The van der Waals surface area contributed by atoms with Crippen LogP contribution in [-0.4, -0.2) is 19.8 Å². The molecule has 0 bridgehead atoms. The summed E-state index contributed by atoms with van der Waals surface area (Å²) in [6.45, 7) is -0.140. The van der Waals surface area contributed by atoms with E-state index in [0.29, 0.717) is 5.56 Å². The number of rotatable bonds is 4. The minimum atomic E-state index is -4.25. The zero-order chi connectivity index (χ0) is 13.9. The minimum absolute atomic E-state index is 0.114. The van der Waals surface area contributed by atoms with Gasteiger partial charge in [-0.2, -0.15) is 13.2 Å². The Morgan fingerprint density at radius 1 is 1.33 bits per heavy atom. The molecule has 0 aliphatic rings. The Balaban J connectivity index is 2.87. The molecule has 7 heteroatoms. The number of halogens is 5. The first-order valence-corrected chi connectivity index (χ1v) is 6.00. The topological polar surface area (TPSA) is 29.3 Å². The Morgan fingerprint density at radius 3 is 2.44 bits per heavy atom. The summed E-state index contributed by atoms with van der Waals surface area (Å²) in [5.74, 6) is -0.595. The lowest BCUT2D eigenvalue weighted by Crippen LogP contribution is -2.25. The molecule has 0 amide bonds. The summed E-state index contributed by atoms with van der Waals surface area (Å²) in [6.07, 6.45) is -5.24. The lowest BCUT2D eigenvalue weighted by atomic mass is 10.2. The maximum Gasteiger partial charge on any atom is 0.390 e. The predicted molar refractivity (Wildman–Crippen MR) is 65.9 cm³/mol. The van der Waals surface area contributed by atoms with Gasteiger partial charge in [-0.05, 0) is 27.6 Å². The molecule has 2 N–H and O–H groups in total. The molecule has 0 aromatic heterocycles. The second-order valence-electron chi connectivity index (χ2n) is 3.86. The Bertz CT molecular complexity index is 420. The van der Waals surface area contributed by atoms with Gasteiger partial charge in [0.1, 0.15) is 0 Å². The Kier molecular flexibility index (Phi) is 4.98. The summed E-state index contributed by atoms with van der Waals surface area (Å²) < 4.78 is 50.3. The van der Waals surface area contributed by atoms with Gasteiger partial charge in [0.15, 0.2) is 5.82 Å². The van der Waals surface area contributed by atoms with Crippen molar-refractivity contribution in [2.24, 2.45) is 5.73 Å². The molecule has 1 aromatic carbocycles. The molecule has 0 unspecified atom stereocenters. The molecule has 2 nitrogen and oxygen atoms in total. The third kappa shape index (κ3) is 3.84. The average molecular weight is 329 g/mol. The molecule has 0 heterocycles. The molecule has 0 fully saturated rings. The average Bonchev–Trinajstić information content (AvgIpc) is 2.28. The van der Waals surface area contributed by atoms with Gasteiger partial charge in [-0.15, -0.1) is 0 Å². The van der Waals surface area contributed by atoms with Crippen molar-refractivity contribution < 1.29 is 17.6 Å². The summed E-state index contributed by atoms with van der Waals surface area (Å²) >= 11 is 3.05. The fourth-order valence-corrected chi connectivity index (χ4v) is 1.94. The van der Waals surface area contributed by atoms with Gasteiger partial charge in [-0.1, -0.05) is 6.07 Å². The maximum absolute atomic E-state index is 13.9. The van der Waals surface area contributed by atoms with Gasteiger partial charge in [0, 0.05) is 20.1 Å². The third-order valence-electron chi connectivity index (χ3n) is 2.50. The zero-order valence-corrected chi connectivity index (χ0v) is 11.3. The van der Waals surface area contributed by atoms with Crippen LogP contribution in [0.4, 0.5) is 23.2 Å². The molecule has 0 saturated heterocycles. The van der Waals surface area contributed by atoms with Gasteiger partial charge in [0.25, 0.3) is 0 Å². The molecule has 0 aliphatic heterocycles. The largest absolute Gasteiger partial charge is 0.390 e. The molecule has 0 saturated carbocycles. The van der Waals surface area contributed by atoms with E-state index in [1.54, 1.807) is 6.07 Å². The number of alkyl halides is 3. The smallest absolute Gasteiger partial charge is 0.372 e. The van der Waals surface area contributed by atoms with Crippen molar-refractivity contribution in [1.82, 2.24) is 0 Å². The van der Waals surface area contributed by atoms with Crippen LogP contribution in [0, 0.1) is 5.82 Å². The Morgan fingerprint density at radius 2 is 1.94 bits per heavy atom. The molecule has 0 radical (unpaired) electrons. The van der Waals surface area contributed by atoms with E-state index >= 15 is 0 Å². The molecule has 18 heavy (non-hydrogen) atoms. The highest BCUT2D eigenvalue weighted by Crippen LogP contribution is 2.29. The van der Waals surface area contributed by atoms with Gasteiger partial charge >= 0.3 is 6.18 Å². The summed E-state index contributed by atoms with van der Waals surface area (Å²) in [7, 11) is 1.42. The predicted octanol–water partition coefficient (Wildman–Crippen LogP) is 3.44. The van der Waals surface area contributed by atoms with E-state index in [4.69, 9.17) is 5.73 Å². The van der Waals surface area contributed by atoms with Crippen LogP contribution in [0.2, 0.25) is 0 Å². The van der Waals surface area contributed by atoms with Crippen LogP contribution < -0.4 is 10.6 Å². The van der Waals surface area contributed by atoms with Crippen molar-refractivity contribution in [2.75, 3.05) is 18.5 Å². The Hall–Kier alpha value is -0.820. The van der Waals surface area contributed by atoms with Crippen molar-refractivity contribution in [3.05, 3.63) is 28.0 Å². The van der Waals surface area contributed by atoms with Crippen molar-refractivity contribution in [1.29, 1.82) is 0 Å². The molecule has 102 valence electrons.